The summed E-state index contributed by atoms with van der Waals surface area (Å²) in [6, 6.07) is 5.47. The molecule has 0 unspecified atom stereocenters. The number of carbonyl (C=O) groups is 1. The Morgan fingerprint density at radius 1 is 1.58 bits per heavy atom. The number of carbonyl (C=O) groups excluding carboxylic acids is 1. The van der Waals surface area contributed by atoms with Crippen LogP contribution < -0.4 is 10.5 Å². The highest BCUT2D eigenvalue weighted by molar-refractivity contribution is 5.89. The topological polar surface area (TPSA) is 79.4 Å². The van der Waals surface area contributed by atoms with Gasteiger partial charge >= 0.3 is 5.97 Å². The summed E-state index contributed by atoms with van der Waals surface area (Å²) in [5, 5.41) is 0. The zero-order valence-electron chi connectivity index (χ0n) is 10.4. The molecule has 1 aromatic heterocycles. The number of rotatable bonds is 2. The van der Waals surface area contributed by atoms with E-state index in [9.17, 15) is 4.79 Å². The Kier molecular flexibility index (Phi) is 2.63. The number of imidazole rings is 1. The quantitative estimate of drug-likeness (QED) is 0.653. The molecule has 2 aromatic rings. The number of aromatic nitrogens is 2. The number of ether oxygens (including phenoxy) is 2. The van der Waals surface area contributed by atoms with Crippen molar-refractivity contribution >= 4 is 11.7 Å². The first-order valence-corrected chi connectivity index (χ1v) is 5.97. The predicted octanol–water partition coefficient (Wildman–Crippen LogP) is 1.52. The predicted molar refractivity (Wildman–Crippen MR) is 68.3 cm³/mol. The first-order valence-electron chi connectivity index (χ1n) is 5.97. The van der Waals surface area contributed by atoms with E-state index in [1.807, 2.05) is 12.1 Å². The van der Waals surface area contributed by atoms with Crippen LogP contribution in [0, 0.1) is 0 Å². The highest BCUT2D eigenvalue weighted by Gasteiger charge is 2.26. The number of anilines is 1. The maximum Gasteiger partial charge on any atom is 0.358 e. The molecule has 0 spiro atoms. The van der Waals surface area contributed by atoms with E-state index in [4.69, 9.17) is 15.2 Å². The highest BCUT2D eigenvalue weighted by atomic mass is 16.5. The summed E-state index contributed by atoms with van der Waals surface area (Å²) in [7, 11) is 0. The normalized spacial score (nSPS) is 12.3. The largest absolute Gasteiger partial charge is 0.483 e. The second-order valence-electron chi connectivity index (χ2n) is 4.11. The Labute approximate surface area is 109 Å². The molecule has 0 saturated carbocycles. The molecular formula is C13H13N3O3. The minimum atomic E-state index is -0.438. The molecule has 0 amide bonds. The van der Waals surface area contributed by atoms with E-state index in [2.05, 4.69) is 4.98 Å². The van der Waals surface area contributed by atoms with Crippen LogP contribution in [0.1, 0.15) is 23.1 Å². The van der Waals surface area contributed by atoms with Crippen LogP contribution in [0.15, 0.2) is 24.5 Å². The monoisotopic (exact) mass is 259 g/mol. The summed E-state index contributed by atoms with van der Waals surface area (Å²) in [5.41, 5.74) is 8.17. The van der Waals surface area contributed by atoms with Gasteiger partial charge in [-0.2, -0.15) is 0 Å². The minimum Gasteiger partial charge on any atom is -0.483 e. The third-order valence-electron chi connectivity index (χ3n) is 2.97. The van der Waals surface area contributed by atoms with Gasteiger partial charge in [0, 0.05) is 0 Å². The van der Waals surface area contributed by atoms with Crippen molar-refractivity contribution in [3.05, 3.63) is 35.9 Å². The van der Waals surface area contributed by atoms with Gasteiger partial charge in [0.25, 0.3) is 0 Å². The lowest BCUT2D eigenvalue weighted by Crippen LogP contribution is -2.17. The lowest BCUT2D eigenvalue weighted by atomic mass is 10.2. The maximum atomic E-state index is 11.8. The molecule has 98 valence electrons. The average Bonchev–Trinajstić information content (AvgIpc) is 2.83. The van der Waals surface area contributed by atoms with Gasteiger partial charge < -0.3 is 15.2 Å². The Morgan fingerprint density at radius 3 is 3.21 bits per heavy atom. The summed E-state index contributed by atoms with van der Waals surface area (Å²) in [6.07, 6.45) is 1.59. The summed E-state index contributed by atoms with van der Waals surface area (Å²) in [6.45, 7) is 2.32. The Bertz CT molecular complexity index is 649. The van der Waals surface area contributed by atoms with E-state index >= 15 is 0 Å². The van der Waals surface area contributed by atoms with Gasteiger partial charge in [0.15, 0.2) is 11.4 Å². The molecule has 2 heterocycles. The molecule has 2 N–H and O–H groups in total. The van der Waals surface area contributed by atoms with Crippen LogP contribution in [0.25, 0.3) is 5.69 Å². The van der Waals surface area contributed by atoms with Crippen molar-refractivity contribution < 1.29 is 14.3 Å². The van der Waals surface area contributed by atoms with Gasteiger partial charge in [0.05, 0.1) is 23.7 Å². The number of hydrogen-bond acceptors (Lipinski definition) is 5. The Hall–Kier alpha value is -2.50. The van der Waals surface area contributed by atoms with Gasteiger partial charge in [-0.1, -0.05) is 6.07 Å². The van der Waals surface area contributed by atoms with Crippen LogP contribution in [-0.2, 0) is 11.3 Å². The fourth-order valence-corrected chi connectivity index (χ4v) is 2.12. The molecule has 0 fully saturated rings. The van der Waals surface area contributed by atoms with Crippen molar-refractivity contribution in [2.75, 3.05) is 12.3 Å². The number of fused-ring (bicyclic) bond motifs is 3. The Balaban J connectivity index is 2.10. The average molecular weight is 259 g/mol. The fourth-order valence-electron chi connectivity index (χ4n) is 2.12. The second kappa shape index (κ2) is 4.31. The number of nitrogen functional groups attached to an aromatic ring is 1. The third-order valence-corrected chi connectivity index (χ3v) is 2.97. The molecule has 0 aliphatic carbocycles. The lowest BCUT2D eigenvalue weighted by Gasteiger charge is -2.21. The summed E-state index contributed by atoms with van der Waals surface area (Å²) in [5.74, 6) is 0.176. The standard InChI is InChI=1S/C13H13N3O3/c1-2-18-13(17)11-10-6-19-12-8(14)4-3-5-9(12)16(10)7-15-11/h3-5,7H,2,6,14H2,1H3. The number of para-hydroxylation sites is 1. The SMILES string of the molecule is CCOC(=O)c1ncn2c1COc1c(N)cccc1-2. The lowest BCUT2D eigenvalue weighted by molar-refractivity contribution is 0.0516. The van der Waals surface area contributed by atoms with Crippen molar-refractivity contribution in [3.8, 4) is 11.4 Å². The van der Waals surface area contributed by atoms with E-state index in [1.165, 1.54) is 0 Å². The van der Waals surface area contributed by atoms with E-state index in [-0.39, 0.29) is 12.3 Å². The molecule has 1 aliphatic heterocycles. The highest BCUT2D eigenvalue weighted by Crippen LogP contribution is 2.35. The molecule has 0 saturated heterocycles. The summed E-state index contributed by atoms with van der Waals surface area (Å²) >= 11 is 0. The van der Waals surface area contributed by atoms with Crippen molar-refractivity contribution in [2.45, 2.75) is 13.5 Å². The van der Waals surface area contributed by atoms with Crippen LogP contribution in [0.5, 0.6) is 5.75 Å². The van der Waals surface area contributed by atoms with E-state index in [1.54, 1.807) is 23.9 Å². The van der Waals surface area contributed by atoms with Crippen LogP contribution >= 0.6 is 0 Å². The minimum absolute atomic E-state index is 0.245. The van der Waals surface area contributed by atoms with Crippen LogP contribution in [0.4, 0.5) is 5.69 Å². The second-order valence-corrected chi connectivity index (χ2v) is 4.11. The first kappa shape index (κ1) is 11.6. The fraction of sp³-hybridized carbons (Fsp3) is 0.231. The molecule has 0 bridgehead atoms. The summed E-state index contributed by atoms with van der Waals surface area (Å²) < 4.78 is 12.4. The molecule has 6 heteroatoms. The molecular weight excluding hydrogens is 246 g/mol. The molecule has 1 aliphatic rings. The number of esters is 1. The van der Waals surface area contributed by atoms with Crippen molar-refractivity contribution in [2.24, 2.45) is 0 Å². The van der Waals surface area contributed by atoms with Gasteiger partial charge in [-0.25, -0.2) is 9.78 Å². The smallest absolute Gasteiger partial charge is 0.358 e. The van der Waals surface area contributed by atoms with Gasteiger partial charge in [0.1, 0.15) is 12.9 Å². The number of benzene rings is 1. The Morgan fingerprint density at radius 2 is 2.42 bits per heavy atom. The molecule has 19 heavy (non-hydrogen) atoms. The van der Waals surface area contributed by atoms with E-state index in [0.29, 0.717) is 23.7 Å². The molecule has 0 atom stereocenters. The van der Waals surface area contributed by atoms with Gasteiger partial charge in [-0.3, -0.25) is 4.57 Å². The summed E-state index contributed by atoms with van der Waals surface area (Å²) in [4.78, 5) is 15.9. The van der Waals surface area contributed by atoms with Crippen molar-refractivity contribution in [1.29, 1.82) is 0 Å². The zero-order chi connectivity index (χ0) is 13.4. The molecule has 1 aromatic carbocycles. The zero-order valence-corrected chi connectivity index (χ0v) is 10.4. The molecule has 3 rings (SSSR count). The molecule has 6 nitrogen and oxygen atoms in total. The third kappa shape index (κ3) is 1.72. The molecule has 0 radical (unpaired) electrons. The number of nitrogens with zero attached hydrogens (tertiary/aromatic N) is 2. The van der Waals surface area contributed by atoms with Crippen molar-refractivity contribution in [3.63, 3.8) is 0 Å². The van der Waals surface area contributed by atoms with Crippen LogP contribution in [0.2, 0.25) is 0 Å². The number of nitrogens with two attached hydrogens (primary N) is 1. The van der Waals surface area contributed by atoms with Crippen LogP contribution in [-0.4, -0.2) is 22.1 Å². The maximum absolute atomic E-state index is 11.8. The van der Waals surface area contributed by atoms with E-state index < -0.39 is 5.97 Å². The number of hydrogen-bond donors (Lipinski definition) is 1. The van der Waals surface area contributed by atoms with Gasteiger partial charge in [0.2, 0.25) is 0 Å². The first-order chi connectivity index (χ1) is 9.22. The van der Waals surface area contributed by atoms with Crippen molar-refractivity contribution in [1.82, 2.24) is 9.55 Å². The van der Waals surface area contributed by atoms with Crippen LogP contribution in [0.3, 0.4) is 0 Å². The van der Waals surface area contributed by atoms with Gasteiger partial charge in [-0.05, 0) is 19.1 Å². The van der Waals surface area contributed by atoms with Gasteiger partial charge in [-0.15, -0.1) is 0 Å². The van der Waals surface area contributed by atoms with E-state index in [0.717, 1.165) is 5.69 Å².